The molecule has 0 aromatic heterocycles. The Morgan fingerprint density at radius 3 is 2.24 bits per heavy atom. The zero-order valence-corrected chi connectivity index (χ0v) is 15.3. The molecule has 1 heterocycles. The highest BCUT2D eigenvalue weighted by atomic mass is 19.1. The Morgan fingerprint density at radius 2 is 1.69 bits per heavy atom. The fourth-order valence-corrected chi connectivity index (χ4v) is 3.08. The van der Waals surface area contributed by atoms with E-state index in [0.29, 0.717) is 17.3 Å². The lowest BCUT2D eigenvalue weighted by molar-refractivity contribution is -0.123. The second-order valence-electron chi connectivity index (χ2n) is 6.22. The maximum Gasteiger partial charge on any atom is 0.267 e. The topological polar surface area (TPSA) is 126 Å². The minimum absolute atomic E-state index is 0.0231. The SMILES string of the molecule is CNC(=O)C1=NCNC1(C(N)=O)c1ccc(NC(=O)c2cc(F)cc(F)c2)cc1. The number of rotatable bonds is 5. The molecule has 0 fully saturated rings. The molecule has 2 aromatic carbocycles. The third kappa shape index (κ3) is 3.69. The van der Waals surface area contributed by atoms with E-state index in [1.165, 1.54) is 31.3 Å². The zero-order chi connectivity index (χ0) is 21.2. The lowest BCUT2D eigenvalue weighted by atomic mass is 9.84. The largest absolute Gasteiger partial charge is 0.367 e. The molecule has 0 radical (unpaired) electrons. The third-order valence-corrected chi connectivity index (χ3v) is 4.45. The Balaban J connectivity index is 1.87. The first-order valence-corrected chi connectivity index (χ1v) is 8.48. The number of halogens is 2. The van der Waals surface area contributed by atoms with E-state index in [-0.39, 0.29) is 17.9 Å². The van der Waals surface area contributed by atoms with Crippen molar-refractivity contribution in [1.82, 2.24) is 10.6 Å². The van der Waals surface area contributed by atoms with Crippen LogP contribution >= 0.6 is 0 Å². The number of primary amides is 1. The lowest BCUT2D eigenvalue weighted by Gasteiger charge is -2.27. The van der Waals surface area contributed by atoms with E-state index < -0.39 is 34.9 Å². The molecule has 150 valence electrons. The van der Waals surface area contributed by atoms with Crippen molar-refractivity contribution in [3.63, 3.8) is 0 Å². The van der Waals surface area contributed by atoms with E-state index >= 15 is 0 Å². The molecule has 0 bridgehead atoms. The van der Waals surface area contributed by atoms with Crippen molar-refractivity contribution < 1.29 is 23.2 Å². The molecule has 1 atom stereocenters. The number of nitrogens with two attached hydrogens (primary N) is 1. The summed E-state index contributed by atoms with van der Waals surface area (Å²) in [6.07, 6.45) is 0. The number of hydrogen-bond donors (Lipinski definition) is 4. The summed E-state index contributed by atoms with van der Waals surface area (Å²) in [5.41, 5.74) is 4.34. The van der Waals surface area contributed by atoms with Crippen molar-refractivity contribution in [3.05, 3.63) is 65.2 Å². The van der Waals surface area contributed by atoms with Crippen molar-refractivity contribution >= 4 is 29.1 Å². The molecule has 0 spiro atoms. The zero-order valence-electron chi connectivity index (χ0n) is 15.3. The Labute approximate surface area is 164 Å². The van der Waals surface area contributed by atoms with Crippen LogP contribution in [0.15, 0.2) is 47.5 Å². The van der Waals surface area contributed by atoms with E-state index in [2.05, 4.69) is 20.9 Å². The maximum atomic E-state index is 13.3. The van der Waals surface area contributed by atoms with Gasteiger partial charge in [0, 0.05) is 24.4 Å². The van der Waals surface area contributed by atoms with Crippen LogP contribution in [0.25, 0.3) is 0 Å². The predicted molar refractivity (Wildman–Crippen MR) is 101 cm³/mol. The maximum absolute atomic E-state index is 13.3. The van der Waals surface area contributed by atoms with Crippen LogP contribution in [-0.2, 0) is 15.1 Å². The van der Waals surface area contributed by atoms with Crippen molar-refractivity contribution in [2.75, 3.05) is 19.0 Å². The Bertz CT molecular complexity index is 1000. The van der Waals surface area contributed by atoms with Gasteiger partial charge in [-0.25, -0.2) is 8.78 Å². The second kappa shape index (κ2) is 7.76. The van der Waals surface area contributed by atoms with Gasteiger partial charge in [-0.1, -0.05) is 12.1 Å². The number of carbonyl (C=O) groups excluding carboxylic acids is 3. The number of anilines is 1. The molecule has 2 aromatic rings. The van der Waals surface area contributed by atoms with Gasteiger partial charge in [0.15, 0.2) is 5.54 Å². The summed E-state index contributed by atoms with van der Waals surface area (Å²) < 4.78 is 26.6. The van der Waals surface area contributed by atoms with Gasteiger partial charge < -0.3 is 16.4 Å². The van der Waals surface area contributed by atoms with Gasteiger partial charge in [0.25, 0.3) is 11.8 Å². The molecule has 0 saturated heterocycles. The van der Waals surface area contributed by atoms with Crippen LogP contribution in [0.3, 0.4) is 0 Å². The fraction of sp³-hybridized carbons (Fsp3) is 0.158. The van der Waals surface area contributed by atoms with Crippen LogP contribution in [0.4, 0.5) is 14.5 Å². The van der Waals surface area contributed by atoms with Crippen LogP contribution in [0.5, 0.6) is 0 Å². The molecule has 3 rings (SSSR count). The van der Waals surface area contributed by atoms with Crippen LogP contribution in [0, 0.1) is 11.6 Å². The number of amides is 3. The number of hydrogen-bond acceptors (Lipinski definition) is 5. The first-order valence-electron chi connectivity index (χ1n) is 8.48. The van der Waals surface area contributed by atoms with Gasteiger partial charge in [0.05, 0.1) is 6.67 Å². The van der Waals surface area contributed by atoms with Crippen LogP contribution in [0.1, 0.15) is 15.9 Å². The molecule has 1 aliphatic heterocycles. The lowest BCUT2D eigenvalue weighted by Crippen LogP contribution is -2.58. The molecule has 1 unspecified atom stereocenters. The normalized spacial score (nSPS) is 18.1. The summed E-state index contributed by atoms with van der Waals surface area (Å²) in [6.45, 7) is 0.0231. The summed E-state index contributed by atoms with van der Waals surface area (Å²) in [6, 6.07) is 8.39. The minimum atomic E-state index is -1.62. The molecule has 0 aliphatic carbocycles. The molecule has 3 amide bonds. The van der Waals surface area contributed by atoms with Gasteiger partial charge in [-0.2, -0.15) is 0 Å². The third-order valence-electron chi connectivity index (χ3n) is 4.45. The highest BCUT2D eigenvalue weighted by Crippen LogP contribution is 2.28. The van der Waals surface area contributed by atoms with Crippen molar-refractivity contribution in [2.45, 2.75) is 5.54 Å². The highest BCUT2D eigenvalue weighted by Gasteiger charge is 2.49. The standard InChI is InChI=1S/C19H17F2N5O3/c1-23-17(28)15-19(18(22)29,25-9-24-15)11-2-4-14(5-3-11)26-16(27)10-6-12(20)8-13(21)7-10/h2-8,25H,9H2,1H3,(H2,22,29)(H,23,28)(H,26,27). The second-order valence-corrected chi connectivity index (χ2v) is 6.22. The Hall–Kier alpha value is -3.66. The Kier molecular flexibility index (Phi) is 5.37. The monoisotopic (exact) mass is 401 g/mol. The number of carbonyl (C=O) groups is 3. The summed E-state index contributed by atoms with van der Waals surface area (Å²) in [5, 5.41) is 7.75. The summed E-state index contributed by atoms with van der Waals surface area (Å²) in [5.74, 6) is -3.83. The quantitative estimate of drug-likeness (QED) is 0.587. The van der Waals surface area contributed by atoms with E-state index in [1.807, 2.05) is 0 Å². The molecule has 29 heavy (non-hydrogen) atoms. The number of nitrogens with zero attached hydrogens (tertiary/aromatic N) is 1. The van der Waals surface area contributed by atoms with Gasteiger partial charge >= 0.3 is 0 Å². The molecule has 8 nitrogen and oxygen atoms in total. The Morgan fingerprint density at radius 1 is 1.07 bits per heavy atom. The predicted octanol–water partition coefficient (Wildman–Crippen LogP) is 0.645. The fourth-order valence-electron chi connectivity index (χ4n) is 3.08. The molecule has 1 aliphatic rings. The molecule has 10 heteroatoms. The first-order chi connectivity index (χ1) is 13.8. The summed E-state index contributed by atoms with van der Waals surface area (Å²) >= 11 is 0. The van der Waals surface area contributed by atoms with Crippen LogP contribution < -0.4 is 21.7 Å². The number of nitrogens with one attached hydrogen (secondary N) is 3. The number of benzene rings is 2. The van der Waals surface area contributed by atoms with Gasteiger partial charge in [0.1, 0.15) is 17.3 Å². The van der Waals surface area contributed by atoms with Gasteiger partial charge in [-0.15, -0.1) is 0 Å². The average molecular weight is 401 g/mol. The average Bonchev–Trinajstić information content (AvgIpc) is 3.13. The smallest absolute Gasteiger partial charge is 0.267 e. The van der Waals surface area contributed by atoms with Crippen molar-refractivity contribution in [3.8, 4) is 0 Å². The van der Waals surface area contributed by atoms with Gasteiger partial charge in [-0.3, -0.25) is 24.7 Å². The number of aliphatic imine (C=N–C) groups is 1. The van der Waals surface area contributed by atoms with Gasteiger partial charge in [0.2, 0.25) is 5.91 Å². The molecular formula is C19H17F2N5O3. The van der Waals surface area contributed by atoms with Crippen LogP contribution in [-0.4, -0.2) is 37.1 Å². The van der Waals surface area contributed by atoms with E-state index in [0.717, 1.165) is 12.1 Å². The van der Waals surface area contributed by atoms with Gasteiger partial charge in [-0.05, 0) is 29.8 Å². The van der Waals surface area contributed by atoms with Crippen molar-refractivity contribution in [2.24, 2.45) is 10.7 Å². The highest BCUT2D eigenvalue weighted by molar-refractivity contribution is 6.47. The molecule has 5 N–H and O–H groups in total. The summed E-state index contributed by atoms with van der Waals surface area (Å²) in [4.78, 5) is 40.6. The van der Waals surface area contributed by atoms with Crippen molar-refractivity contribution in [1.29, 1.82) is 0 Å². The minimum Gasteiger partial charge on any atom is -0.367 e. The van der Waals surface area contributed by atoms with E-state index in [1.54, 1.807) is 0 Å². The van der Waals surface area contributed by atoms with E-state index in [4.69, 9.17) is 5.73 Å². The molecule has 0 saturated carbocycles. The van der Waals surface area contributed by atoms with Crippen LogP contribution in [0.2, 0.25) is 0 Å². The summed E-state index contributed by atoms with van der Waals surface area (Å²) in [7, 11) is 1.41. The molecular weight excluding hydrogens is 384 g/mol. The first kappa shape index (κ1) is 20.1. The van der Waals surface area contributed by atoms with E-state index in [9.17, 15) is 23.2 Å².